The number of nitrogens with one attached hydrogen (secondary N) is 1. The van der Waals surface area contributed by atoms with E-state index in [2.05, 4.69) is 5.32 Å². The van der Waals surface area contributed by atoms with Gasteiger partial charge in [-0.25, -0.2) is 9.18 Å². The van der Waals surface area contributed by atoms with Crippen molar-refractivity contribution in [2.45, 2.75) is 32.6 Å². The average molecular weight is 298 g/mol. The van der Waals surface area contributed by atoms with Crippen LogP contribution >= 0.6 is 0 Å². The molecule has 0 bridgehead atoms. The van der Waals surface area contributed by atoms with Crippen LogP contribution in [0.4, 0.5) is 9.18 Å². The third kappa shape index (κ3) is 6.10. The zero-order valence-corrected chi connectivity index (χ0v) is 12.7. The molecule has 1 aromatic rings. The minimum Gasteiger partial charge on any atom is -0.393 e. The fraction of sp³-hybridized carbons (Fsp3) is 0.533. The van der Waals surface area contributed by atoms with Gasteiger partial charge in [-0.15, -0.1) is 0 Å². The van der Waals surface area contributed by atoms with Crippen molar-refractivity contribution in [3.8, 4) is 0 Å². The van der Waals surface area contributed by atoms with E-state index in [1.165, 1.54) is 18.1 Å². The molecule has 0 fully saturated rings. The molecule has 1 atom stereocenters. The predicted molar refractivity (Wildman–Crippen MR) is 78.3 cm³/mol. The zero-order valence-electron chi connectivity index (χ0n) is 12.7. The van der Waals surface area contributed by atoms with E-state index in [4.69, 9.17) is 4.74 Å². The minimum absolute atomic E-state index is 0.196. The zero-order chi connectivity index (χ0) is 15.8. The Kier molecular flexibility index (Phi) is 7.11. The summed E-state index contributed by atoms with van der Waals surface area (Å²) in [5, 5.41) is 11.9. The highest BCUT2D eigenvalue weighted by Gasteiger charge is 2.10. The second-order valence-corrected chi connectivity index (χ2v) is 5.08. The highest BCUT2D eigenvalue weighted by Crippen LogP contribution is 2.11. The maximum atomic E-state index is 13.5. The lowest BCUT2D eigenvalue weighted by Crippen LogP contribution is -2.38. The Morgan fingerprint density at radius 1 is 1.52 bits per heavy atom. The number of urea groups is 1. The van der Waals surface area contributed by atoms with E-state index in [1.807, 2.05) is 0 Å². The molecule has 0 spiro atoms. The van der Waals surface area contributed by atoms with Crippen molar-refractivity contribution in [2.75, 3.05) is 20.7 Å². The van der Waals surface area contributed by atoms with Gasteiger partial charge >= 0.3 is 6.03 Å². The largest absolute Gasteiger partial charge is 0.393 e. The Labute approximate surface area is 124 Å². The molecule has 1 aromatic carbocycles. The van der Waals surface area contributed by atoms with Crippen molar-refractivity contribution in [1.29, 1.82) is 0 Å². The van der Waals surface area contributed by atoms with E-state index < -0.39 is 6.10 Å². The summed E-state index contributed by atoms with van der Waals surface area (Å²) in [6.45, 7) is 2.67. The van der Waals surface area contributed by atoms with Crippen LogP contribution in [0.3, 0.4) is 0 Å². The monoisotopic (exact) mass is 298 g/mol. The summed E-state index contributed by atoms with van der Waals surface area (Å²) in [7, 11) is 3.17. The van der Waals surface area contributed by atoms with Crippen molar-refractivity contribution in [3.63, 3.8) is 0 Å². The number of aliphatic hydroxyl groups is 1. The van der Waals surface area contributed by atoms with Crippen molar-refractivity contribution in [2.24, 2.45) is 0 Å². The van der Waals surface area contributed by atoms with Crippen molar-refractivity contribution >= 4 is 6.03 Å². The molecule has 1 rings (SSSR count). The fourth-order valence-corrected chi connectivity index (χ4v) is 1.80. The molecule has 0 saturated heterocycles. The number of methoxy groups -OCH3 is 1. The molecule has 2 amide bonds. The lowest BCUT2D eigenvalue weighted by molar-refractivity contribution is 0.163. The molecule has 2 N–H and O–H groups in total. The number of carbonyl (C=O) groups is 1. The Bertz CT molecular complexity index is 466. The van der Waals surface area contributed by atoms with E-state index in [0.29, 0.717) is 25.1 Å². The van der Waals surface area contributed by atoms with Gasteiger partial charge in [0.15, 0.2) is 0 Å². The third-order valence-electron chi connectivity index (χ3n) is 3.08. The van der Waals surface area contributed by atoms with Crippen LogP contribution in [-0.4, -0.2) is 42.8 Å². The van der Waals surface area contributed by atoms with Crippen molar-refractivity contribution in [1.82, 2.24) is 10.2 Å². The summed E-state index contributed by atoms with van der Waals surface area (Å²) >= 11 is 0. The van der Waals surface area contributed by atoms with Gasteiger partial charge in [-0.1, -0.05) is 6.07 Å². The topological polar surface area (TPSA) is 61.8 Å². The van der Waals surface area contributed by atoms with E-state index >= 15 is 0 Å². The highest BCUT2D eigenvalue weighted by molar-refractivity contribution is 5.73. The second-order valence-electron chi connectivity index (χ2n) is 5.08. The summed E-state index contributed by atoms with van der Waals surface area (Å²) in [4.78, 5) is 13.3. The standard InChI is InChI=1S/C15H23FN2O3/c1-11(19)6-7-18(2)15(20)17-9-12-4-5-14(16)13(8-12)10-21-3/h4-5,8,11,19H,6-7,9-10H2,1-3H3,(H,17,20). The number of hydrogen-bond acceptors (Lipinski definition) is 3. The first-order chi connectivity index (χ1) is 9.93. The van der Waals surface area contributed by atoms with E-state index in [9.17, 15) is 14.3 Å². The maximum absolute atomic E-state index is 13.5. The first-order valence-electron chi connectivity index (χ1n) is 6.87. The van der Waals surface area contributed by atoms with Gasteiger partial charge < -0.3 is 20.1 Å². The molecule has 0 aliphatic heterocycles. The van der Waals surface area contributed by atoms with Crippen LogP contribution in [0.15, 0.2) is 18.2 Å². The van der Waals surface area contributed by atoms with Crippen LogP contribution in [-0.2, 0) is 17.9 Å². The van der Waals surface area contributed by atoms with Gasteiger partial charge in [0.05, 0.1) is 12.7 Å². The van der Waals surface area contributed by atoms with E-state index in [0.717, 1.165) is 5.56 Å². The van der Waals surface area contributed by atoms with Crippen LogP contribution in [0.5, 0.6) is 0 Å². The number of carbonyl (C=O) groups excluding carboxylic acids is 1. The van der Waals surface area contributed by atoms with Gasteiger partial charge in [-0.3, -0.25) is 0 Å². The lowest BCUT2D eigenvalue weighted by Gasteiger charge is -2.18. The lowest BCUT2D eigenvalue weighted by atomic mass is 10.1. The predicted octanol–water partition coefficient (Wildman–Crippen LogP) is 1.88. The first-order valence-corrected chi connectivity index (χ1v) is 6.87. The van der Waals surface area contributed by atoms with Crippen LogP contribution in [0.2, 0.25) is 0 Å². The summed E-state index contributed by atoms with van der Waals surface area (Å²) in [5.74, 6) is -0.319. The second kappa shape index (κ2) is 8.59. The van der Waals surface area contributed by atoms with Gasteiger partial charge in [0.1, 0.15) is 5.82 Å². The molecule has 0 aliphatic carbocycles. The van der Waals surface area contributed by atoms with E-state index in [1.54, 1.807) is 26.1 Å². The fourth-order valence-electron chi connectivity index (χ4n) is 1.80. The van der Waals surface area contributed by atoms with Gasteiger partial charge in [0.2, 0.25) is 0 Å². The molecule has 118 valence electrons. The highest BCUT2D eigenvalue weighted by atomic mass is 19.1. The number of nitrogens with zero attached hydrogens (tertiary/aromatic N) is 1. The molecular formula is C15H23FN2O3. The molecule has 5 nitrogen and oxygen atoms in total. The number of rotatable bonds is 7. The molecule has 6 heteroatoms. The van der Waals surface area contributed by atoms with Gasteiger partial charge in [0.25, 0.3) is 0 Å². The summed E-state index contributed by atoms with van der Waals surface area (Å²) < 4.78 is 18.4. The summed E-state index contributed by atoms with van der Waals surface area (Å²) in [6.07, 6.45) is 0.0901. The van der Waals surface area contributed by atoms with Crippen LogP contribution in [0.25, 0.3) is 0 Å². The van der Waals surface area contributed by atoms with Gasteiger partial charge in [-0.05, 0) is 31.0 Å². The van der Waals surface area contributed by atoms with E-state index in [-0.39, 0.29) is 18.5 Å². The Morgan fingerprint density at radius 3 is 2.86 bits per heavy atom. The SMILES string of the molecule is COCc1cc(CNC(=O)N(C)CCC(C)O)ccc1F. The summed E-state index contributed by atoms with van der Waals surface area (Å²) in [6, 6.07) is 4.44. The van der Waals surface area contributed by atoms with Crippen LogP contribution in [0, 0.1) is 5.82 Å². The van der Waals surface area contributed by atoms with Crippen molar-refractivity contribution in [3.05, 3.63) is 35.1 Å². The number of halogens is 1. The van der Waals surface area contributed by atoms with Gasteiger partial charge in [-0.2, -0.15) is 0 Å². The molecule has 1 unspecified atom stereocenters. The minimum atomic E-state index is -0.436. The quantitative estimate of drug-likeness (QED) is 0.808. The number of ether oxygens (including phenoxy) is 1. The molecule has 21 heavy (non-hydrogen) atoms. The molecule has 0 aliphatic rings. The number of benzene rings is 1. The maximum Gasteiger partial charge on any atom is 0.317 e. The van der Waals surface area contributed by atoms with Crippen LogP contribution in [0.1, 0.15) is 24.5 Å². The Hall–Kier alpha value is -1.66. The Morgan fingerprint density at radius 2 is 2.24 bits per heavy atom. The van der Waals surface area contributed by atoms with Crippen molar-refractivity contribution < 1.29 is 19.0 Å². The third-order valence-corrected chi connectivity index (χ3v) is 3.08. The van der Waals surface area contributed by atoms with Crippen LogP contribution < -0.4 is 5.32 Å². The molecule has 0 aromatic heterocycles. The molecule has 0 radical (unpaired) electrons. The number of amides is 2. The Balaban J connectivity index is 2.50. The molecular weight excluding hydrogens is 275 g/mol. The average Bonchev–Trinajstić information content (AvgIpc) is 2.45. The number of hydrogen-bond donors (Lipinski definition) is 2. The normalized spacial score (nSPS) is 12.0. The smallest absolute Gasteiger partial charge is 0.317 e. The molecule has 0 heterocycles. The van der Waals surface area contributed by atoms with Gasteiger partial charge in [0, 0.05) is 32.8 Å². The first kappa shape index (κ1) is 17.4. The summed E-state index contributed by atoms with van der Waals surface area (Å²) in [5.41, 5.74) is 1.27. The number of aliphatic hydroxyl groups excluding tert-OH is 1. The molecule has 0 saturated carbocycles.